The van der Waals surface area contributed by atoms with E-state index in [9.17, 15) is 23.1 Å². The van der Waals surface area contributed by atoms with Crippen LogP contribution in [0.25, 0.3) is 6.20 Å². The molecule has 3 aromatic rings. The minimum Gasteiger partial charge on any atom is -0.478 e. The molecule has 1 aliphatic heterocycles. The summed E-state index contributed by atoms with van der Waals surface area (Å²) in [4.78, 5) is 11.4. The maximum absolute atomic E-state index is 13.1. The molecule has 1 N–H and O–H groups in total. The third-order valence-electron chi connectivity index (χ3n) is 5.67. The molecule has 4 rings (SSSR count). The quantitative estimate of drug-likeness (QED) is 0.498. The fourth-order valence-electron chi connectivity index (χ4n) is 3.64. The van der Waals surface area contributed by atoms with Crippen LogP contribution < -0.4 is 24.6 Å². The van der Waals surface area contributed by atoms with Crippen LogP contribution >= 0.6 is 0 Å². The average molecular weight is 485 g/mol. The van der Waals surface area contributed by atoms with Crippen LogP contribution in [-0.2, 0) is 11.0 Å². The Kier molecular flexibility index (Phi) is 6.06. The van der Waals surface area contributed by atoms with E-state index in [4.69, 9.17) is 14.6 Å². The Morgan fingerprint density at radius 1 is 1.03 bits per heavy atom. The minimum atomic E-state index is -4.44. The fourth-order valence-corrected chi connectivity index (χ4v) is 3.64. The molecule has 0 spiro atoms. The van der Waals surface area contributed by atoms with Crippen LogP contribution in [0.15, 0.2) is 71.8 Å². The predicted molar refractivity (Wildman–Crippen MR) is 124 cm³/mol. The summed E-state index contributed by atoms with van der Waals surface area (Å²) in [6.07, 6.45) is -2.61. The van der Waals surface area contributed by atoms with Crippen molar-refractivity contribution in [1.82, 2.24) is 4.59 Å². The van der Waals surface area contributed by atoms with Gasteiger partial charge in [-0.2, -0.15) is 13.2 Å². The van der Waals surface area contributed by atoms with Crippen LogP contribution in [0.3, 0.4) is 0 Å². The number of aliphatic carboxylic acids is 1. The van der Waals surface area contributed by atoms with Crippen molar-refractivity contribution in [2.75, 3.05) is 6.73 Å². The predicted octanol–water partition coefficient (Wildman–Crippen LogP) is 4.59. The molecule has 0 aromatic heterocycles. The number of hydrogen-bond donors (Lipinski definition) is 1. The molecule has 0 fully saturated rings. The van der Waals surface area contributed by atoms with Gasteiger partial charge in [0.05, 0.1) is 10.8 Å². The third-order valence-corrected chi connectivity index (χ3v) is 5.67. The first-order chi connectivity index (χ1) is 16.4. The van der Waals surface area contributed by atoms with Crippen molar-refractivity contribution in [3.63, 3.8) is 0 Å². The lowest BCUT2D eigenvalue weighted by Gasteiger charge is -2.26. The van der Waals surface area contributed by atoms with Crippen molar-refractivity contribution in [2.24, 2.45) is 5.10 Å². The zero-order valence-electron chi connectivity index (χ0n) is 19.3. The van der Waals surface area contributed by atoms with Crippen molar-refractivity contribution in [3.05, 3.63) is 88.4 Å². The van der Waals surface area contributed by atoms with E-state index in [2.05, 4.69) is 0 Å². The van der Waals surface area contributed by atoms with Crippen LogP contribution in [0.4, 0.5) is 18.9 Å². The number of benzene rings is 3. The van der Waals surface area contributed by atoms with Crippen LogP contribution in [0, 0.1) is 6.92 Å². The highest BCUT2D eigenvalue weighted by atomic mass is 19.4. The summed E-state index contributed by atoms with van der Waals surface area (Å²) >= 11 is 0. The topological polar surface area (TPSA) is 68.1 Å². The lowest BCUT2D eigenvalue weighted by atomic mass is 10.1. The van der Waals surface area contributed by atoms with Gasteiger partial charge < -0.3 is 14.6 Å². The molecule has 0 amide bonds. The van der Waals surface area contributed by atoms with E-state index in [0.717, 1.165) is 17.4 Å². The number of fused-ring (bicyclic) bond motifs is 1. The molecule has 9 heteroatoms. The largest absolute Gasteiger partial charge is 0.478 e. The summed E-state index contributed by atoms with van der Waals surface area (Å²) in [6, 6.07) is 17.2. The molecule has 3 aromatic carbocycles. The molecular formula is C26H24F3N2O4+. The lowest BCUT2D eigenvalue weighted by molar-refractivity contribution is -0.152. The summed E-state index contributed by atoms with van der Waals surface area (Å²) in [6.45, 7) is 4.67. The number of ether oxygens (including phenoxy) is 2. The van der Waals surface area contributed by atoms with Crippen molar-refractivity contribution in [3.8, 4) is 11.5 Å². The maximum Gasteiger partial charge on any atom is 0.416 e. The number of halogens is 3. The van der Waals surface area contributed by atoms with Gasteiger partial charge in [-0.15, -0.1) is 4.59 Å². The molecule has 6 nitrogen and oxygen atoms in total. The highest BCUT2D eigenvalue weighted by molar-refractivity contribution is 5.76. The molecule has 182 valence electrons. The van der Waals surface area contributed by atoms with Gasteiger partial charge in [0.2, 0.25) is 0 Å². The number of rotatable bonds is 7. The van der Waals surface area contributed by atoms with E-state index in [1.54, 1.807) is 25.1 Å². The van der Waals surface area contributed by atoms with E-state index >= 15 is 0 Å². The van der Waals surface area contributed by atoms with E-state index in [0.29, 0.717) is 28.1 Å². The number of aryl methyl sites for hydroxylation is 1. The maximum atomic E-state index is 13.1. The van der Waals surface area contributed by atoms with Gasteiger partial charge in [0, 0.05) is 12.1 Å². The molecule has 0 saturated carbocycles. The Morgan fingerprint density at radius 3 is 2.31 bits per heavy atom. The summed E-state index contributed by atoms with van der Waals surface area (Å²) in [5.74, 6) is -0.209. The summed E-state index contributed by atoms with van der Waals surface area (Å²) < 4.78 is 50.8. The Morgan fingerprint density at radius 2 is 1.71 bits per heavy atom. The molecule has 0 aliphatic carbocycles. The summed E-state index contributed by atoms with van der Waals surface area (Å²) in [5.41, 5.74) is -0.967. The van der Waals surface area contributed by atoms with Crippen molar-refractivity contribution in [1.29, 1.82) is 0 Å². The number of alkyl halides is 3. The first kappa shape index (κ1) is 24.3. The molecule has 1 aliphatic rings. The smallest absolute Gasteiger partial charge is 0.416 e. The molecule has 0 radical (unpaired) electrons. The molecular weight excluding hydrogens is 461 g/mol. The van der Waals surface area contributed by atoms with Gasteiger partial charge in [-0.1, -0.05) is 17.2 Å². The molecule has 1 atom stereocenters. The second-order valence-electron chi connectivity index (χ2n) is 8.78. The first-order valence-electron chi connectivity index (χ1n) is 10.8. The summed E-state index contributed by atoms with van der Waals surface area (Å²) in [5, 5.41) is 15.6. The van der Waals surface area contributed by atoms with Gasteiger partial charge in [-0.05, 0) is 68.8 Å². The summed E-state index contributed by atoms with van der Waals surface area (Å²) in [7, 11) is 0. The Bertz CT molecular complexity index is 1350. The molecule has 35 heavy (non-hydrogen) atoms. The highest BCUT2D eigenvalue weighted by Crippen LogP contribution is 2.34. The average Bonchev–Trinajstić information content (AvgIpc) is 3.18. The number of quaternary nitrogens is 1. The number of nitrogens with zero attached hydrogens (tertiary/aromatic N) is 2. The SMILES string of the molecule is Cc1cc(OC[N+]2(c3ccc(C(F)(F)F)cc3)C=c3ccccc3=N2)ccc1OC(C)(C)C(=O)O. The number of carboxylic acid groups (broad SMARTS) is 1. The molecule has 1 heterocycles. The first-order valence-corrected chi connectivity index (χ1v) is 10.8. The van der Waals surface area contributed by atoms with Crippen molar-refractivity contribution < 1.29 is 32.5 Å². The number of hydrogen-bond acceptors (Lipinski definition) is 4. The second-order valence-corrected chi connectivity index (χ2v) is 8.78. The van der Waals surface area contributed by atoms with Gasteiger partial charge in [-0.25, -0.2) is 4.79 Å². The van der Waals surface area contributed by atoms with Crippen molar-refractivity contribution in [2.45, 2.75) is 32.5 Å². The third kappa shape index (κ3) is 5.00. The molecule has 0 saturated heterocycles. The van der Waals surface area contributed by atoms with Gasteiger partial charge >= 0.3 is 12.1 Å². The molecule has 1 unspecified atom stereocenters. The Labute approximate surface area is 199 Å². The standard InChI is InChI=1S/C26H23F3N2O4/c1-17-14-21(12-13-23(17)35-25(2,3)24(32)33)34-16-31(15-18-6-4-5-7-22(18)30-31)20-10-8-19(9-11-20)26(27,28)29/h4-15H,16H2,1-3H3/p+1. The highest BCUT2D eigenvalue weighted by Gasteiger charge is 2.36. The van der Waals surface area contributed by atoms with Gasteiger partial charge in [0.1, 0.15) is 23.1 Å². The lowest BCUT2D eigenvalue weighted by Crippen LogP contribution is -2.40. The Hall–Kier alpha value is -3.85. The van der Waals surface area contributed by atoms with Crippen molar-refractivity contribution >= 4 is 17.9 Å². The van der Waals surface area contributed by atoms with Crippen LogP contribution in [-0.4, -0.2) is 23.4 Å². The zero-order valence-corrected chi connectivity index (χ0v) is 19.3. The van der Waals surface area contributed by atoms with Crippen LogP contribution in [0.1, 0.15) is 25.0 Å². The van der Waals surface area contributed by atoms with E-state index in [1.807, 2.05) is 30.5 Å². The van der Waals surface area contributed by atoms with E-state index < -0.39 is 23.3 Å². The fraction of sp³-hybridized carbons (Fsp3) is 0.231. The van der Waals surface area contributed by atoms with Crippen LogP contribution in [0.5, 0.6) is 11.5 Å². The number of carboxylic acids is 1. The minimum absolute atomic E-state index is 0.0136. The van der Waals surface area contributed by atoms with Gasteiger partial charge in [0.25, 0.3) is 6.73 Å². The Balaban J connectivity index is 1.63. The normalized spacial score (nSPS) is 17.2. The zero-order chi connectivity index (χ0) is 25.4. The van der Waals surface area contributed by atoms with Gasteiger partial charge in [-0.3, -0.25) is 0 Å². The monoisotopic (exact) mass is 485 g/mol. The second kappa shape index (κ2) is 8.74. The van der Waals surface area contributed by atoms with Crippen LogP contribution in [0.2, 0.25) is 0 Å². The number of carbonyl (C=O) groups is 1. The van der Waals surface area contributed by atoms with E-state index in [1.165, 1.54) is 26.0 Å². The van der Waals surface area contributed by atoms with Gasteiger partial charge in [0.15, 0.2) is 11.3 Å². The molecule has 0 bridgehead atoms. The van der Waals surface area contributed by atoms with E-state index in [-0.39, 0.29) is 11.3 Å².